The second-order valence-corrected chi connectivity index (χ2v) is 1.94. The molecule has 0 aromatic rings. The lowest BCUT2D eigenvalue weighted by atomic mass is 10.1. The second kappa shape index (κ2) is 5.51. The Balaban J connectivity index is 3.30. The number of rotatable bonds is 5. The van der Waals surface area contributed by atoms with Crippen molar-refractivity contribution in [2.24, 2.45) is 5.92 Å². The molecule has 0 fully saturated rings. The molecule has 1 N–H and O–H groups in total. The van der Waals surface area contributed by atoms with Crippen molar-refractivity contribution in [3.63, 3.8) is 0 Å². The minimum absolute atomic E-state index is 0.0443. The van der Waals surface area contributed by atoms with Crippen LogP contribution in [-0.2, 0) is 4.79 Å². The molecule has 0 bridgehead atoms. The fraction of sp³-hybridized carbons (Fsp3) is 0.571. The largest absolute Gasteiger partial charge is 0.396 e. The molecule has 1 atom stereocenters. The van der Waals surface area contributed by atoms with Crippen LogP contribution in [0, 0.1) is 5.92 Å². The topological polar surface area (TPSA) is 37.3 Å². The van der Waals surface area contributed by atoms with Gasteiger partial charge in [-0.1, -0.05) is 6.08 Å². The molecule has 0 saturated carbocycles. The van der Waals surface area contributed by atoms with Crippen LogP contribution in [0.1, 0.15) is 12.8 Å². The van der Waals surface area contributed by atoms with E-state index in [1.165, 1.54) is 0 Å². The number of aliphatic hydroxyl groups is 1. The van der Waals surface area contributed by atoms with Crippen molar-refractivity contribution in [1.82, 2.24) is 0 Å². The van der Waals surface area contributed by atoms with Crippen molar-refractivity contribution in [3.05, 3.63) is 12.7 Å². The van der Waals surface area contributed by atoms with Gasteiger partial charge < -0.3 is 9.90 Å². The minimum atomic E-state index is -0.192. The first-order valence-electron chi connectivity index (χ1n) is 3.02. The van der Waals surface area contributed by atoms with E-state index in [4.69, 9.17) is 5.11 Å². The van der Waals surface area contributed by atoms with E-state index in [0.717, 1.165) is 12.7 Å². The zero-order valence-electron chi connectivity index (χ0n) is 5.42. The van der Waals surface area contributed by atoms with Crippen molar-refractivity contribution >= 4 is 6.29 Å². The Labute approximate surface area is 55.2 Å². The van der Waals surface area contributed by atoms with Crippen molar-refractivity contribution in [3.8, 4) is 0 Å². The number of aldehydes is 1. The van der Waals surface area contributed by atoms with Gasteiger partial charge in [0.05, 0.1) is 6.61 Å². The molecule has 0 amide bonds. The Morgan fingerprint density at radius 2 is 2.33 bits per heavy atom. The van der Waals surface area contributed by atoms with E-state index in [1.54, 1.807) is 6.08 Å². The maximum absolute atomic E-state index is 10.0. The van der Waals surface area contributed by atoms with Gasteiger partial charge in [0.2, 0.25) is 0 Å². The first kappa shape index (κ1) is 8.37. The van der Waals surface area contributed by atoms with Crippen LogP contribution in [0.5, 0.6) is 0 Å². The Morgan fingerprint density at radius 3 is 2.67 bits per heavy atom. The van der Waals surface area contributed by atoms with Gasteiger partial charge in [-0.05, 0) is 12.8 Å². The van der Waals surface area contributed by atoms with E-state index in [1.807, 2.05) is 0 Å². The SMILES string of the molecule is C=CCC[C@H](C=O)CO. The van der Waals surface area contributed by atoms with Gasteiger partial charge in [-0.15, -0.1) is 6.58 Å². The molecule has 0 unspecified atom stereocenters. The highest BCUT2D eigenvalue weighted by atomic mass is 16.3. The van der Waals surface area contributed by atoms with Crippen LogP contribution in [0.2, 0.25) is 0 Å². The zero-order chi connectivity index (χ0) is 7.11. The first-order valence-corrected chi connectivity index (χ1v) is 3.02. The molecular weight excluding hydrogens is 116 g/mol. The fourth-order valence-corrected chi connectivity index (χ4v) is 0.534. The predicted octanol–water partition coefficient (Wildman–Crippen LogP) is 0.760. The number of aliphatic hydroxyl groups excluding tert-OH is 1. The lowest BCUT2D eigenvalue weighted by molar-refractivity contribution is -0.112. The van der Waals surface area contributed by atoms with Crippen molar-refractivity contribution < 1.29 is 9.90 Å². The van der Waals surface area contributed by atoms with Gasteiger partial charge in [0.15, 0.2) is 0 Å². The number of carbonyl (C=O) groups is 1. The molecular formula is C7H12O2. The second-order valence-electron chi connectivity index (χ2n) is 1.94. The number of allylic oxidation sites excluding steroid dienone is 1. The number of carbonyl (C=O) groups excluding carboxylic acids is 1. The van der Waals surface area contributed by atoms with Crippen LogP contribution in [0.4, 0.5) is 0 Å². The molecule has 0 aromatic heterocycles. The summed E-state index contributed by atoms with van der Waals surface area (Å²) in [7, 11) is 0. The van der Waals surface area contributed by atoms with Gasteiger partial charge in [-0.3, -0.25) is 0 Å². The summed E-state index contributed by atoms with van der Waals surface area (Å²) in [5, 5.41) is 8.49. The van der Waals surface area contributed by atoms with Crippen LogP contribution < -0.4 is 0 Å². The van der Waals surface area contributed by atoms with Crippen LogP contribution in [0.3, 0.4) is 0 Å². The molecule has 0 aliphatic heterocycles. The van der Waals surface area contributed by atoms with Gasteiger partial charge in [0.1, 0.15) is 6.29 Å². The van der Waals surface area contributed by atoms with Gasteiger partial charge in [-0.25, -0.2) is 0 Å². The molecule has 0 spiro atoms. The Morgan fingerprint density at radius 1 is 1.67 bits per heavy atom. The Kier molecular flexibility index (Phi) is 5.12. The number of hydrogen-bond acceptors (Lipinski definition) is 2. The standard InChI is InChI=1S/C7H12O2/c1-2-3-4-7(5-8)6-9/h2,5,7,9H,1,3-4,6H2/t7-/m1/s1. The average molecular weight is 128 g/mol. The average Bonchev–Trinajstić information content (AvgIpc) is 1.91. The monoisotopic (exact) mass is 128 g/mol. The summed E-state index contributed by atoms with van der Waals surface area (Å²) in [6.45, 7) is 3.46. The lowest BCUT2D eigenvalue weighted by Crippen LogP contribution is -2.06. The third-order valence-corrected chi connectivity index (χ3v) is 1.17. The molecule has 0 radical (unpaired) electrons. The number of hydrogen-bond donors (Lipinski definition) is 1. The van der Waals surface area contributed by atoms with E-state index in [2.05, 4.69) is 6.58 Å². The van der Waals surface area contributed by atoms with E-state index in [0.29, 0.717) is 6.42 Å². The summed E-state index contributed by atoms with van der Waals surface area (Å²) < 4.78 is 0. The molecule has 9 heavy (non-hydrogen) atoms. The summed E-state index contributed by atoms with van der Waals surface area (Å²) >= 11 is 0. The third kappa shape index (κ3) is 3.91. The molecule has 2 nitrogen and oxygen atoms in total. The molecule has 0 aliphatic carbocycles. The van der Waals surface area contributed by atoms with Crippen molar-refractivity contribution in [1.29, 1.82) is 0 Å². The van der Waals surface area contributed by atoms with Crippen LogP contribution in [0.15, 0.2) is 12.7 Å². The van der Waals surface area contributed by atoms with Crippen LogP contribution >= 0.6 is 0 Å². The highest BCUT2D eigenvalue weighted by Gasteiger charge is 2.01. The van der Waals surface area contributed by atoms with Gasteiger partial charge in [0.25, 0.3) is 0 Å². The third-order valence-electron chi connectivity index (χ3n) is 1.17. The minimum Gasteiger partial charge on any atom is -0.396 e. The summed E-state index contributed by atoms with van der Waals surface area (Å²) in [4.78, 5) is 10.0. The maximum atomic E-state index is 10.0. The fourth-order valence-electron chi connectivity index (χ4n) is 0.534. The molecule has 52 valence electrons. The van der Waals surface area contributed by atoms with Crippen LogP contribution in [-0.4, -0.2) is 18.0 Å². The highest BCUT2D eigenvalue weighted by Crippen LogP contribution is 2.01. The Bertz CT molecular complexity index is 88.9. The maximum Gasteiger partial charge on any atom is 0.125 e. The van der Waals surface area contributed by atoms with Crippen molar-refractivity contribution in [2.75, 3.05) is 6.61 Å². The first-order chi connectivity index (χ1) is 4.35. The van der Waals surface area contributed by atoms with Gasteiger partial charge in [-0.2, -0.15) is 0 Å². The van der Waals surface area contributed by atoms with E-state index in [-0.39, 0.29) is 12.5 Å². The predicted molar refractivity (Wildman–Crippen MR) is 36.1 cm³/mol. The molecule has 2 heteroatoms. The Hall–Kier alpha value is -0.630. The van der Waals surface area contributed by atoms with E-state index in [9.17, 15) is 4.79 Å². The van der Waals surface area contributed by atoms with Crippen molar-refractivity contribution in [2.45, 2.75) is 12.8 Å². The highest BCUT2D eigenvalue weighted by molar-refractivity contribution is 5.53. The molecule has 0 rings (SSSR count). The van der Waals surface area contributed by atoms with Gasteiger partial charge in [0, 0.05) is 5.92 Å². The van der Waals surface area contributed by atoms with E-state index >= 15 is 0 Å². The normalized spacial score (nSPS) is 12.6. The molecule has 0 aliphatic rings. The molecule has 0 heterocycles. The summed E-state index contributed by atoms with van der Waals surface area (Å²) in [5.41, 5.74) is 0. The van der Waals surface area contributed by atoms with Crippen LogP contribution in [0.25, 0.3) is 0 Å². The zero-order valence-corrected chi connectivity index (χ0v) is 5.42. The summed E-state index contributed by atoms with van der Waals surface area (Å²) in [6, 6.07) is 0. The van der Waals surface area contributed by atoms with Gasteiger partial charge >= 0.3 is 0 Å². The quantitative estimate of drug-likeness (QED) is 0.438. The van der Waals surface area contributed by atoms with E-state index < -0.39 is 0 Å². The molecule has 0 aromatic carbocycles. The molecule has 0 saturated heterocycles. The smallest absolute Gasteiger partial charge is 0.125 e. The summed E-state index contributed by atoms with van der Waals surface area (Å²) in [5.74, 6) is -0.192. The summed E-state index contributed by atoms with van der Waals surface area (Å²) in [6.07, 6.45) is 4.03. The lowest BCUT2D eigenvalue weighted by Gasteiger charge is -2.01.